The first-order valence-electron chi connectivity index (χ1n) is 5.64. The maximum absolute atomic E-state index is 11.8. The van der Waals surface area contributed by atoms with Gasteiger partial charge in [0.25, 0.3) is 0 Å². The van der Waals surface area contributed by atoms with Gasteiger partial charge in [0, 0.05) is 11.3 Å². The van der Waals surface area contributed by atoms with Crippen LogP contribution in [-0.4, -0.2) is 31.8 Å². The van der Waals surface area contributed by atoms with Crippen LogP contribution >= 0.6 is 0 Å². The summed E-state index contributed by atoms with van der Waals surface area (Å²) in [6.45, 7) is -1.91. The number of alkyl halides is 3. The molecule has 0 bridgehead atoms. The molecule has 1 amide bonds. The van der Waals surface area contributed by atoms with Crippen LogP contribution in [0, 0.1) is 11.8 Å². The lowest BCUT2D eigenvalue weighted by atomic mass is 10.2. The molecule has 1 aromatic carbocycles. The van der Waals surface area contributed by atoms with E-state index in [1.54, 1.807) is 24.3 Å². The Morgan fingerprint density at radius 3 is 2.80 bits per heavy atom. The molecule has 0 aliphatic heterocycles. The zero-order valence-corrected chi connectivity index (χ0v) is 10.5. The minimum absolute atomic E-state index is 0.210. The second kappa shape index (κ2) is 7.53. The quantitative estimate of drug-likeness (QED) is 0.825. The highest BCUT2D eigenvalue weighted by Gasteiger charge is 2.27. The normalized spacial score (nSPS) is 10.6. The van der Waals surface area contributed by atoms with E-state index in [9.17, 15) is 18.0 Å². The SMILES string of the molecule is NCC#Cc1cccc(NC(=O)COCC(F)(F)F)c1. The molecule has 1 rings (SSSR count). The number of carbonyl (C=O) groups is 1. The monoisotopic (exact) mass is 286 g/mol. The molecule has 7 heteroatoms. The topological polar surface area (TPSA) is 64.3 Å². The maximum atomic E-state index is 11.8. The number of ether oxygens (including phenoxy) is 1. The molecule has 3 N–H and O–H groups in total. The highest BCUT2D eigenvalue weighted by molar-refractivity contribution is 5.91. The van der Waals surface area contributed by atoms with E-state index in [-0.39, 0.29) is 6.54 Å². The fourth-order valence-corrected chi connectivity index (χ4v) is 1.28. The zero-order valence-electron chi connectivity index (χ0n) is 10.5. The molecule has 0 unspecified atom stereocenters. The van der Waals surface area contributed by atoms with Gasteiger partial charge in [0.05, 0.1) is 6.54 Å². The van der Waals surface area contributed by atoms with Crippen molar-refractivity contribution in [2.75, 3.05) is 25.1 Å². The number of nitrogens with two attached hydrogens (primary N) is 1. The second-order valence-corrected chi connectivity index (χ2v) is 3.74. The fourth-order valence-electron chi connectivity index (χ4n) is 1.28. The Balaban J connectivity index is 2.49. The number of nitrogens with one attached hydrogen (secondary N) is 1. The van der Waals surface area contributed by atoms with Crippen molar-refractivity contribution >= 4 is 11.6 Å². The fraction of sp³-hybridized carbons (Fsp3) is 0.308. The van der Waals surface area contributed by atoms with Crippen LogP contribution in [0.15, 0.2) is 24.3 Å². The Labute approximate surface area is 114 Å². The predicted octanol–water partition coefficient (Wildman–Crippen LogP) is 1.51. The summed E-state index contributed by atoms with van der Waals surface area (Å²) in [5.41, 5.74) is 6.30. The summed E-state index contributed by atoms with van der Waals surface area (Å²) in [4.78, 5) is 11.4. The number of halogens is 3. The Morgan fingerprint density at radius 1 is 1.40 bits per heavy atom. The summed E-state index contributed by atoms with van der Waals surface area (Å²) in [6.07, 6.45) is -4.45. The van der Waals surface area contributed by atoms with Gasteiger partial charge in [-0.2, -0.15) is 13.2 Å². The Bertz CT molecular complexity index is 518. The molecule has 0 saturated heterocycles. The highest BCUT2D eigenvalue weighted by Crippen LogP contribution is 2.14. The number of rotatable bonds is 4. The minimum atomic E-state index is -4.45. The van der Waals surface area contributed by atoms with Crippen molar-refractivity contribution in [2.45, 2.75) is 6.18 Å². The molecule has 0 fully saturated rings. The average molecular weight is 286 g/mol. The Morgan fingerprint density at radius 2 is 2.15 bits per heavy atom. The summed E-state index contributed by atoms with van der Waals surface area (Å²) in [7, 11) is 0. The van der Waals surface area contributed by atoms with Gasteiger partial charge in [-0.15, -0.1) is 0 Å². The van der Waals surface area contributed by atoms with E-state index < -0.39 is 25.3 Å². The van der Waals surface area contributed by atoms with Crippen molar-refractivity contribution in [1.82, 2.24) is 0 Å². The summed E-state index contributed by atoms with van der Waals surface area (Å²) >= 11 is 0. The van der Waals surface area contributed by atoms with Crippen LogP contribution in [0.1, 0.15) is 5.56 Å². The van der Waals surface area contributed by atoms with Crippen molar-refractivity contribution in [1.29, 1.82) is 0 Å². The molecule has 0 spiro atoms. The first kappa shape index (κ1) is 16.0. The molecule has 20 heavy (non-hydrogen) atoms. The second-order valence-electron chi connectivity index (χ2n) is 3.74. The van der Waals surface area contributed by atoms with Gasteiger partial charge >= 0.3 is 6.18 Å². The van der Waals surface area contributed by atoms with Crippen LogP contribution in [0.5, 0.6) is 0 Å². The third kappa shape index (κ3) is 6.78. The molecule has 0 heterocycles. The van der Waals surface area contributed by atoms with E-state index in [1.807, 2.05) is 0 Å². The highest BCUT2D eigenvalue weighted by atomic mass is 19.4. The number of amides is 1. The molecule has 0 aliphatic carbocycles. The van der Waals surface area contributed by atoms with Crippen molar-refractivity contribution in [3.63, 3.8) is 0 Å². The van der Waals surface area contributed by atoms with Crippen molar-refractivity contribution in [3.05, 3.63) is 29.8 Å². The first-order chi connectivity index (χ1) is 9.40. The van der Waals surface area contributed by atoms with Crippen LogP contribution in [0.3, 0.4) is 0 Å². The third-order valence-electron chi connectivity index (χ3n) is 1.98. The molecule has 0 radical (unpaired) electrons. The van der Waals surface area contributed by atoms with E-state index in [2.05, 4.69) is 21.9 Å². The third-order valence-corrected chi connectivity index (χ3v) is 1.98. The van der Waals surface area contributed by atoms with Crippen molar-refractivity contribution in [3.8, 4) is 11.8 Å². The summed E-state index contributed by atoms with van der Waals surface area (Å²) in [5, 5.41) is 2.41. The average Bonchev–Trinajstić information content (AvgIpc) is 2.35. The van der Waals surface area contributed by atoms with E-state index in [0.29, 0.717) is 11.3 Å². The molecule has 0 aliphatic rings. The lowest BCUT2D eigenvalue weighted by molar-refractivity contribution is -0.174. The van der Waals surface area contributed by atoms with Crippen molar-refractivity contribution < 1.29 is 22.7 Å². The summed E-state index contributed by atoms with van der Waals surface area (Å²) < 4.78 is 39.7. The van der Waals surface area contributed by atoms with E-state index in [1.165, 1.54) is 0 Å². The number of hydrogen-bond acceptors (Lipinski definition) is 3. The van der Waals surface area contributed by atoms with Gasteiger partial charge in [-0.1, -0.05) is 17.9 Å². The molecule has 0 atom stereocenters. The standard InChI is InChI=1S/C13H13F3N2O2/c14-13(15,16)9-20-8-12(19)18-11-5-1-3-10(7-11)4-2-6-17/h1,3,5,7H,6,8-9,17H2,(H,18,19). The summed E-state index contributed by atoms with van der Waals surface area (Å²) in [6, 6.07) is 6.56. The molecule has 108 valence electrons. The molecule has 1 aromatic rings. The molecule has 0 aromatic heterocycles. The molecule has 4 nitrogen and oxygen atoms in total. The number of hydrogen-bond donors (Lipinski definition) is 2. The smallest absolute Gasteiger partial charge is 0.362 e. The largest absolute Gasteiger partial charge is 0.411 e. The Hall–Kier alpha value is -2.04. The van der Waals surface area contributed by atoms with Crippen LogP contribution < -0.4 is 11.1 Å². The molecule has 0 saturated carbocycles. The van der Waals surface area contributed by atoms with Crippen molar-refractivity contribution in [2.24, 2.45) is 5.73 Å². The van der Waals surface area contributed by atoms with E-state index in [0.717, 1.165) is 0 Å². The lowest BCUT2D eigenvalue weighted by Gasteiger charge is -2.08. The number of benzene rings is 1. The van der Waals surface area contributed by atoms with Crippen LogP contribution in [0.2, 0.25) is 0 Å². The van der Waals surface area contributed by atoms with Gasteiger partial charge in [0.15, 0.2) is 0 Å². The number of anilines is 1. The maximum Gasteiger partial charge on any atom is 0.411 e. The van der Waals surface area contributed by atoms with Crippen LogP contribution in [-0.2, 0) is 9.53 Å². The Kier molecular flexibility index (Phi) is 6.03. The van der Waals surface area contributed by atoms with E-state index >= 15 is 0 Å². The van der Waals surface area contributed by atoms with Crippen LogP contribution in [0.4, 0.5) is 18.9 Å². The van der Waals surface area contributed by atoms with Crippen LogP contribution in [0.25, 0.3) is 0 Å². The predicted molar refractivity (Wildman–Crippen MR) is 67.9 cm³/mol. The van der Waals surface area contributed by atoms with Gasteiger partial charge in [0.2, 0.25) is 5.91 Å². The number of carbonyl (C=O) groups excluding carboxylic acids is 1. The molecular formula is C13H13F3N2O2. The lowest BCUT2D eigenvalue weighted by Crippen LogP contribution is -2.23. The molecular weight excluding hydrogens is 273 g/mol. The minimum Gasteiger partial charge on any atom is -0.362 e. The first-order valence-corrected chi connectivity index (χ1v) is 5.64. The van der Waals surface area contributed by atoms with Gasteiger partial charge < -0.3 is 15.8 Å². The van der Waals surface area contributed by atoms with E-state index in [4.69, 9.17) is 5.73 Å². The summed E-state index contributed by atoms with van der Waals surface area (Å²) in [5.74, 6) is 4.76. The van der Waals surface area contributed by atoms with Gasteiger partial charge in [0.1, 0.15) is 13.2 Å². The van der Waals surface area contributed by atoms with Gasteiger partial charge in [-0.05, 0) is 18.2 Å². The van der Waals surface area contributed by atoms with Gasteiger partial charge in [-0.3, -0.25) is 4.79 Å². The zero-order chi connectivity index (χ0) is 15.0. The van der Waals surface area contributed by atoms with Gasteiger partial charge in [-0.25, -0.2) is 0 Å².